The van der Waals surface area contributed by atoms with Crippen molar-refractivity contribution in [1.29, 1.82) is 0 Å². The number of ether oxygens (including phenoxy) is 1. The highest BCUT2D eigenvalue weighted by molar-refractivity contribution is 7.90. The van der Waals surface area contributed by atoms with Gasteiger partial charge in [-0.05, 0) is 91.8 Å². The highest BCUT2D eigenvalue weighted by Gasteiger charge is 2.37. The van der Waals surface area contributed by atoms with Crippen LogP contribution < -0.4 is 14.4 Å². The number of sulfonamides is 1. The number of nitrogens with one attached hydrogen (secondary N) is 1. The van der Waals surface area contributed by atoms with Crippen LogP contribution in [0.2, 0.25) is 5.02 Å². The molecule has 0 aromatic heterocycles. The van der Waals surface area contributed by atoms with E-state index in [0.717, 1.165) is 55.5 Å². The zero-order valence-electron chi connectivity index (χ0n) is 22.5. The Labute approximate surface area is 241 Å². The number of carbonyl (C=O) groups excluding carboxylic acids is 1. The summed E-state index contributed by atoms with van der Waals surface area (Å²) in [5.41, 5.74) is 3.17. The van der Waals surface area contributed by atoms with Crippen LogP contribution in [-0.4, -0.2) is 56.1 Å². The Kier molecular flexibility index (Phi) is 9.05. The van der Waals surface area contributed by atoms with Crippen molar-refractivity contribution in [2.75, 3.05) is 30.3 Å². The van der Waals surface area contributed by atoms with Gasteiger partial charge in [-0.15, -0.1) is 0 Å². The maximum Gasteiger partial charge on any atom is 0.264 e. The van der Waals surface area contributed by atoms with Crippen molar-refractivity contribution < 1.29 is 28.2 Å². The fraction of sp³-hybridized carbons (Fsp3) is 0.500. The second-order valence-corrected chi connectivity index (χ2v) is 13.4. The summed E-state index contributed by atoms with van der Waals surface area (Å²) in [7, 11) is -4.02. The standard InChI is InChI=1S/C30H37ClN2O6S/c31-25-10-7-24-18-39-29-12-9-22-15-27(29)33(13-2-1-5-21(24)14-25)16-23-8-11-26(23)28(35)6-3-4-20(17-34)19-40(37,38)32-30(22)36/h3-4,7,9-10,12,14-15,20,23,26,28,34-35H,1-2,5-6,8,11,13,16-19H2,(H,32,36)/b4-3-/t20-,23+,26-,28+/m1/s1. The van der Waals surface area contributed by atoms with E-state index < -0.39 is 33.7 Å². The molecule has 3 N–H and O–H groups in total. The monoisotopic (exact) mass is 588 g/mol. The number of aryl methyl sites for hydroxylation is 1. The third-order valence-corrected chi connectivity index (χ3v) is 9.96. The molecular weight excluding hydrogens is 552 g/mol. The molecule has 0 saturated heterocycles. The Balaban J connectivity index is 1.52. The molecule has 216 valence electrons. The molecule has 10 heteroatoms. The van der Waals surface area contributed by atoms with Crippen molar-refractivity contribution in [2.24, 2.45) is 17.8 Å². The van der Waals surface area contributed by atoms with Crippen LogP contribution in [0.3, 0.4) is 0 Å². The van der Waals surface area contributed by atoms with Gasteiger partial charge in [-0.1, -0.05) is 29.8 Å². The zero-order valence-corrected chi connectivity index (χ0v) is 24.0. The van der Waals surface area contributed by atoms with Gasteiger partial charge < -0.3 is 19.8 Å². The van der Waals surface area contributed by atoms with Crippen LogP contribution in [-0.2, 0) is 23.1 Å². The first-order valence-electron chi connectivity index (χ1n) is 14.0. The molecule has 2 heterocycles. The molecule has 0 radical (unpaired) electrons. The van der Waals surface area contributed by atoms with E-state index in [1.807, 2.05) is 18.2 Å². The Morgan fingerprint density at radius 1 is 1.10 bits per heavy atom. The van der Waals surface area contributed by atoms with Crippen molar-refractivity contribution in [1.82, 2.24) is 4.72 Å². The summed E-state index contributed by atoms with van der Waals surface area (Å²) in [5.74, 6) is -0.829. The van der Waals surface area contributed by atoms with Gasteiger partial charge in [0.1, 0.15) is 12.4 Å². The zero-order chi connectivity index (χ0) is 28.3. The fourth-order valence-corrected chi connectivity index (χ4v) is 7.43. The van der Waals surface area contributed by atoms with Crippen LogP contribution in [0.5, 0.6) is 5.75 Å². The molecule has 1 fully saturated rings. The summed E-state index contributed by atoms with van der Waals surface area (Å²) < 4.78 is 34.1. The Bertz CT molecular complexity index is 1360. The summed E-state index contributed by atoms with van der Waals surface area (Å²) in [4.78, 5) is 15.4. The molecule has 1 aliphatic carbocycles. The molecule has 0 spiro atoms. The van der Waals surface area contributed by atoms with Crippen molar-refractivity contribution in [3.05, 3.63) is 70.3 Å². The molecular formula is C30H37ClN2O6S. The number of nitrogens with zero attached hydrogens (tertiary/aromatic N) is 1. The first kappa shape index (κ1) is 28.9. The molecule has 2 aromatic rings. The first-order chi connectivity index (χ1) is 19.2. The minimum Gasteiger partial charge on any atom is -0.487 e. The number of aliphatic hydroxyl groups is 2. The Hall–Kier alpha value is -2.59. The van der Waals surface area contributed by atoms with E-state index in [1.54, 1.807) is 30.4 Å². The smallest absolute Gasteiger partial charge is 0.264 e. The molecule has 8 nitrogen and oxygen atoms in total. The number of hydrogen-bond donors (Lipinski definition) is 3. The van der Waals surface area contributed by atoms with E-state index in [1.165, 1.54) is 0 Å². The predicted octanol–water partition coefficient (Wildman–Crippen LogP) is 4.08. The second-order valence-electron chi connectivity index (χ2n) is 11.2. The molecule has 3 aliphatic rings. The largest absolute Gasteiger partial charge is 0.487 e. The number of amides is 1. The summed E-state index contributed by atoms with van der Waals surface area (Å²) >= 11 is 6.28. The predicted molar refractivity (Wildman–Crippen MR) is 155 cm³/mol. The van der Waals surface area contributed by atoms with E-state index in [2.05, 4.69) is 9.62 Å². The van der Waals surface area contributed by atoms with Crippen LogP contribution in [0.1, 0.15) is 53.6 Å². The number of carbonyl (C=O) groups is 1. The van der Waals surface area contributed by atoms with Gasteiger partial charge in [-0.2, -0.15) is 0 Å². The van der Waals surface area contributed by atoms with Crippen molar-refractivity contribution in [3.63, 3.8) is 0 Å². The molecule has 2 aliphatic heterocycles. The lowest BCUT2D eigenvalue weighted by Gasteiger charge is -2.43. The van der Waals surface area contributed by atoms with Gasteiger partial charge >= 0.3 is 0 Å². The molecule has 1 saturated carbocycles. The fourth-order valence-electron chi connectivity index (χ4n) is 5.97. The summed E-state index contributed by atoms with van der Waals surface area (Å²) in [5, 5.41) is 21.4. The lowest BCUT2D eigenvalue weighted by Crippen LogP contribution is -2.43. The number of rotatable bonds is 1. The lowest BCUT2D eigenvalue weighted by atomic mass is 9.69. The van der Waals surface area contributed by atoms with Gasteiger partial charge in [0.25, 0.3) is 5.91 Å². The Morgan fingerprint density at radius 2 is 1.95 bits per heavy atom. The quantitative estimate of drug-likeness (QED) is 0.430. The average Bonchev–Trinajstić information content (AvgIpc) is 2.92. The van der Waals surface area contributed by atoms with Crippen molar-refractivity contribution in [3.8, 4) is 5.75 Å². The minimum absolute atomic E-state index is 0.120. The van der Waals surface area contributed by atoms with Crippen LogP contribution in [0.4, 0.5) is 5.69 Å². The number of benzene rings is 2. The maximum atomic E-state index is 13.1. The molecule has 2 aromatic carbocycles. The highest BCUT2D eigenvalue weighted by Crippen LogP contribution is 2.41. The maximum absolute atomic E-state index is 13.1. The first-order valence-corrected chi connectivity index (χ1v) is 16.0. The summed E-state index contributed by atoms with van der Waals surface area (Å²) in [6.45, 7) is 1.39. The van der Waals surface area contributed by atoms with Gasteiger partial charge in [0, 0.05) is 29.6 Å². The topological polar surface area (TPSA) is 116 Å². The van der Waals surface area contributed by atoms with Crippen LogP contribution in [0, 0.1) is 17.8 Å². The van der Waals surface area contributed by atoms with Crippen LogP contribution >= 0.6 is 11.6 Å². The normalized spacial score (nSPS) is 28.0. The van der Waals surface area contributed by atoms with E-state index in [4.69, 9.17) is 16.3 Å². The van der Waals surface area contributed by atoms with Gasteiger partial charge in [0.15, 0.2) is 0 Å². The minimum atomic E-state index is -4.02. The third-order valence-electron chi connectivity index (χ3n) is 8.36. The summed E-state index contributed by atoms with van der Waals surface area (Å²) in [6.07, 6.45) is 7.85. The summed E-state index contributed by atoms with van der Waals surface area (Å²) in [6, 6.07) is 10.9. The second kappa shape index (κ2) is 12.5. The van der Waals surface area contributed by atoms with Crippen molar-refractivity contribution >= 4 is 33.2 Å². The van der Waals surface area contributed by atoms with Gasteiger partial charge in [0.2, 0.25) is 10.0 Å². The molecule has 2 bridgehead atoms. The van der Waals surface area contributed by atoms with E-state index in [0.29, 0.717) is 30.3 Å². The van der Waals surface area contributed by atoms with Crippen LogP contribution in [0.25, 0.3) is 0 Å². The van der Waals surface area contributed by atoms with E-state index in [-0.39, 0.29) is 24.0 Å². The molecule has 5 rings (SSSR count). The van der Waals surface area contributed by atoms with Gasteiger partial charge in [-0.3, -0.25) is 4.79 Å². The van der Waals surface area contributed by atoms with Crippen LogP contribution in [0.15, 0.2) is 48.6 Å². The number of anilines is 1. The lowest BCUT2D eigenvalue weighted by molar-refractivity contribution is 0.0180. The SMILES string of the molecule is O=C1NS(=O)(=O)C[C@@H](CO)/C=C\C[C@H](O)[C@@H]2CC[C@H]2CN2CCCCc3cc(Cl)ccc3COc3ccc1cc32. The van der Waals surface area contributed by atoms with E-state index >= 15 is 0 Å². The highest BCUT2D eigenvalue weighted by atomic mass is 35.5. The molecule has 1 amide bonds. The Morgan fingerprint density at radius 3 is 2.73 bits per heavy atom. The molecule has 40 heavy (non-hydrogen) atoms. The average molecular weight is 589 g/mol. The number of fused-ring (bicyclic) bond motifs is 3. The van der Waals surface area contributed by atoms with Crippen molar-refractivity contribution in [2.45, 2.75) is 51.2 Å². The number of hydrogen-bond acceptors (Lipinski definition) is 7. The molecule has 0 unspecified atom stereocenters. The number of aliphatic hydroxyl groups excluding tert-OH is 2. The van der Waals surface area contributed by atoms with Gasteiger partial charge in [0.05, 0.1) is 24.2 Å². The van der Waals surface area contributed by atoms with E-state index in [9.17, 15) is 23.4 Å². The number of halogens is 1. The third kappa shape index (κ3) is 6.82. The molecule has 4 atom stereocenters. The van der Waals surface area contributed by atoms with Gasteiger partial charge in [-0.25, -0.2) is 13.1 Å².